The molecule has 13 rings (SSSR count). The van der Waals surface area contributed by atoms with Crippen molar-refractivity contribution in [2.45, 2.75) is 111 Å². The highest BCUT2D eigenvalue weighted by Gasteiger charge is 2.01. The Kier molecular flexibility index (Phi) is 27.8. The summed E-state index contributed by atoms with van der Waals surface area (Å²) in [7, 11) is 0. The van der Waals surface area contributed by atoms with Gasteiger partial charge in [-0.25, -0.2) is 0 Å². The second-order valence-corrected chi connectivity index (χ2v) is 24.1. The lowest BCUT2D eigenvalue weighted by molar-refractivity contribution is 1.34. The van der Waals surface area contributed by atoms with Crippen LogP contribution in [0.1, 0.15) is 89.0 Å². The van der Waals surface area contributed by atoms with Gasteiger partial charge in [0.25, 0.3) is 0 Å². The van der Waals surface area contributed by atoms with Crippen LogP contribution in [0.15, 0.2) is 291 Å². The van der Waals surface area contributed by atoms with Crippen molar-refractivity contribution in [2.24, 2.45) is 0 Å². The third kappa shape index (κ3) is 23.8. The van der Waals surface area contributed by atoms with Gasteiger partial charge < -0.3 is 0 Å². The van der Waals surface area contributed by atoms with Crippen molar-refractivity contribution in [2.75, 3.05) is 0 Å². The third-order valence-electron chi connectivity index (χ3n) is 15.7. The maximum absolute atomic E-state index is 2.22. The highest BCUT2D eigenvalue weighted by molar-refractivity contribution is 5.88. The van der Waals surface area contributed by atoms with E-state index in [9.17, 15) is 0 Å². The van der Waals surface area contributed by atoms with Gasteiger partial charge in [0, 0.05) is 0 Å². The zero-order chi connectivity index (χ0) is 65.0. The van der Waals surface area contributed by atoms with Gasteiger partial charge in [-0.05, 0) is 194 Å². The molecule has 456 valence electrons. The predicted octanol–water partition coefficient (Wildman–Crippen LogP) is 25.7. The Hall–Kier alpha value is -9.62. The Morgan fingerprint density at radius 3 is 0.744 bits per heavy atom. The van der Waals surface area contributed by atoms with Gasteiger partial charge in [-0.3, -0.25) is 0 Å². The van der Waals surface area contributed by atoms with Gasteiger partial charge in [0.2, 0.25) is 0 Å². The van der Waals surface area contributed by atoms with E-state index in [1.807, 2.05) is 0 Å². The van der Waals surface area contributed by atoms with Crippen LogP contribution in [-0.4, -0.2) is 0 Å². The van der Waals surface area contributed by atoms with Crippen LogP contribution in [0.4, 0.5) is 0 Å². The van der Waals surface area contributed by atoms with Gasteiger partial charge in [-0.15, -0.1) is 0 Å². The van der Waals surface area contributed by atoms with E-state index < -0.39 is 0 Å². The molecule has 13 aromatic carbocycles. The standard InChI is InChI=1S/3C14H14.2C12H12.3C8H10/c1-11-3-7-13(8-4-11)14-9-5-12(2)6-10-14;1-11-6-8-13(9-7-11)14-5-3-4-12(2)10-14;1-11-7-9-13(10-8-11)14-6-4-3-5-12(14)2;1-9-3-5-12-8-10(2)4-6-11(12)7-9;1-9-5-3-8-12-10(2)6-4-7-11(9)12;1-7-3-5-8(2)6-4-7;1-7-4-3-5-8(2)6-7;1-7-5-3-4-6-8(7)2/h3*3-10H,1-2H3;2*3-8H,1-2H3;3*3-6H,1-2H3. The maximum Gasteiger partial charge on any atom is -0.0152 e. The molecule has 0 aliphatic heterocycles. The van der Waals surface area contributed by atoms with Crippen LogP contribution in [-0.2, 0) is 0 Å². The van der Waals surface area contributed by atoms with Crippen LogP contribution >= 0.6 is 0 Å². The molecule has 0 saturated heterocycles. The van der Waals surface area contributed by atoms with Crippen LogP contribution in [0.5, 0.6) is 0 Å². The molecule has 0 amide bonds. The monoisotopic (exact) mass is 1180 g/mol. The molecule has 90 heavy (non-hydrogen) atoms. The molecule has 0 aliphatic rings. The first-order valence-corrected chi connectivity index (χ1v) is 31.6. The molecular weight excluding hydrogens is 1080 g/mol. The fourth-order valence-corrected chi connectivity index (χ4v) is 9.91. The number of hydrogen-bond donors (Lipinski definition) is 0. The van der Waals surface area contributed by atoms with Gasteiger partial charge in [-0.2, -0.15) is 0 Å². The Morgan fingerprint density at radius 1 is 0.144 bits per heavy atom. The fraction of sp³-hybridized carbons (Fsp3) is 0.178. The normalized spacial score (nSPS) is 10.0. The molecule has 13 aromatic rings. The minimum Gasteiger partial charge on any atom is -0.0620 e. The van der Waals surface area contributed by atoms with E-state index in [-0.39, 0.29) is 0 Å². The van der Waals surface area contributed by atoms with Crippen molar-refractivity contribution < 1.29 is 0 Å². The minimum absolute atomic E-state index is 1.29. The first-order chi connectivity index (χ1) is 43.2. The van der Waals surface area contributed by atoms with Crippen LogP contribution in [0.2, 0.25) is 0 Å². The molecule has 0 atom stereocenters. The lowest BCUT2D eigenvalue weighted by Crippen LogP contribution is -1.82. The lowest BCUT2D eigenvalue weighted by atomic mass is 10.00. The Bertz CT molecular complexity index is 4050. The van der Waals surface area contributed by atoms with E-state index in [2.05, 4.69) is 402 Å². The molecule has 0 unspecified atom stereocenters. The number of aryl methyl sites for hydroxylation is 16. The smallest absolute Gasteiger partial charge is 0.0152 e. The molecular formula is C90H96. The molecule has 0 radical (unpaired) electrons. The van der Waals surface area contributed by atoms with E-state index in [0.717, 1.165) is 0 Å². The van der Waals surface area contributed by atoms with E-state index in [1.54, 1.807) is 0 Å². The summed E-state index contributed by atoms with van der Waals surface area (Å²) < 4.78 is 0. The zero-order valence-electron chi connectivity index (χ0n) is 56.7. The second-order valence-electron chi connectivity index (χ2n) is 24.1. The minimum atomic E-state index is 1.29. The van der Waals surface area contributed by atoms with Crippen molar-refractivity contribution in [1.29, 1.82) is 0 Å². The van der Waals surface area contributed by atoms with E-state index in [1.165, 1.54) is 144 Å². The van der Waals surface area contributed by atoms with E-state index in [0.29, 0.717) is 0 Å². The summed E-state index contributed by atoms with van der Waals surface area (Å²) in [4.78, 5) is 0. The topological polar surface area (TPSA) is 0 Å². The molecule has 0 saturated carbocycles. The van der Waals surface area contributed by atoms with Crippen LogP contribution in [0, 0.1) is 111 Å². The fourth-order valence-electron chi connectivity index (χ4n) is 9.91. The van der Waals surface area contributed by atoms with Gasteiger partial charge >= 0.3 is 0 Å². The Labute approximate surface area is 542 Å². The van der Waals surface area contributed by atoms with Crippen LogP contribution in [0.25, 0.3) is 54.9 Å². The molecule has 0 spiro atoms. The number of rotatable bonds is 3. The van der Waals surface area contributed by atoms with Gasteiger partial charge in [0.1, 0.15) is 0 Å². The lowest BCUT2D eigenvalue weighted by Gasteiger charge is -2.05. The summed E-state index contributed by atoms with van der Waals surface area (Å²) in [6.07, 6.45) is 0. The van der Waals surface area contributed by atoms with Gasteiger partial charge in [0.05, 0.1) is 0 Å². The molecule has 0 N–H and O–H groups in total. The summed E-state index contributed by atoms with van der Waals surface area (Å²) in [5, 5.41) is 5.41. The molecule has 0 fully saturated rings. The summed E-state index contributed by atoms with van der Waals surface area (Å²) in [5.74, 6) is 0. The first kappa shape index (κ1) is 69.5. The number of fused-ring (bicyclic) bond motifs is 2. The Morgan fingerprint density at radius 2 is 0.411 bits per heavy atom. The van der Waals surface area contributed by atoms with E-state index >= 15 is 0 Å². The van der Waals surface area contributed by atoms with E-state index in [4.69, 9.17) is 0 Å². The highest BCUT2D eigenvalue weighted by Crippen LogP contribution is 2.25. The maximum atomic E-state index is 2.22. The SMILES string of the molecule is Cc1ccc(-c2ccc(C)cc2)cc1.Cc1ccc(-c2cccc(C)c2)cc1.Cc1ccc(-c2ccccc2C)cc1.Cc1ccc(C)cc1.Cc1ccc2cc(C)ccc2c1.Cc1cccc(C)c1.Cc1cccc2c(C)cccc12.Cc1ccccc1C. The molecule has 0 heterocycles. The van der Waals surface area contributed by atoms with Crippen molar-refractivity contribution >= 4 is 21.5 Å². The summed E-state index contributed by atoms with van der Waals surface area (Å²) in [5.41, 5.74) is 29.1. The number of hydrogen-bond acceptors (Lipinski definition) is 0. The largest absolute Gasteiger partial charge is 0.0620 e. The van der Waals surface area contributed by atoms with Gasteiger partial charge in [-0.1, -0.05) is 352 Å². The van der Waals surface area contributed by atoms with Gasteiger partial charge in [0.15, 0.2) is 0 Å². The summed E-state index contributed by atoms with van der Waals surface area (Å²) in [6.45, 7) is 33.9. The average Bonchev–Trinajstić information content (AvgIpc) is 3.23. The van der Waals surface area contributed by atoms with Crippen LogP contribution in [0.3, 0.4) is 0 Å². The molecule has 0 nitrogen and oxygen atoms in total. The quantitative estimate of drug-likeness (QED) is 0.165. The van der Waals surface area contributed by atoms with Crippen molar-refractivity contribution in [1.82, 2.24) is 0 Å². The van der Waals surface area contributed by atoms with Crippen molar-refractivity contribution in [3.8, 4) is 33.4 Å². The van der Waals surface area contributed by atoms with Crippen LogP contribution < -0.4 is 0 Å². The second kappa shape index (κ2) is 36.0. The predicted molar refractivity (Wildman–Crippen MR) is 399 cm³/mol. The number of benzene rings is 13. The molecule has 0 aliphatic carbocycles. The highest BCUT2D eigenvalue weighted by atomic mass is 14.1. The molecule has 0 bridgehead atoms. The Balaban J connectivity index is 0.000000165. The van der Waals surface area contributed by atoms with Crippen molar-refractivity contribution in [3.63, 3.8) is 0 Å². The molecule has 0 heteroatoms. The third-order valence-corrected chi connectivity index (χ3v) is 15.7. The van der Waals surface area contributed by atoms with Crippen molar-refractivity contribution in [3.05, 3.63) is 380 Å². The zero-order valence-corrected chi connectivity index (χ0v) is 56.7. The summed E-state index contributed by atoms with van der Waals surface area (Å²) in [6, 6.07) is 103. The average molecular weight is 1180 g/mol. The molecule has 0 aromatic heterocycles. The first-order valence-electron chi connectivity index (χ1n) is 31.6. The summed E-state index contributed by atoms with van der Waals surface area (Å²) >= 11 is 0.